The fourth-order valence-corrected chi connectivity index (χ4v) is 5.90. The first-order valence-electron chi connectivity index (χ1n) is 13.6. The Morgan fingerprint density at radius 1 is 0.789 bits per heavy atom. The number of esters is 2. The zero-order chi connectivity index (χ0) is 28.5. The van der Waals surface area contributed by atoms with Crippen molar-refractivity contribution in [1.29, 1.82) is 0 Å². The average Bonchev–Trinajstić information content (AvgIpc) is 3.14. The number of alkyl halides is 2. The van der Waals surface area contributed by atoms with Crippen LogP contribution in [0.3, 0.4) is 0 Å². The molecule has 0 radical (unpaired) electrons. The van der Waals surface area contributed by atoms with Gasteiger partial charge in [0, 0.05) is 36.3 Å². The molecule has 10 nitrogen and oxygen atoms in total. The summed E-state index contributed by atoms with van der Waals surface area (Å²) in [6, 6.07) is -0.480. The Bertz CT molecular complexity index is 682. The number of unbranched alkanes of at least 4 members (excludes halogenated alkanes) is 4. The van der Waals surface area contributed by atoms with E-state index < -0.39 is 12.2 Å². The van der Waals surface area contributed by atoms with Gasteiger partial charge in [-0.1, -0.05) is 84.2 Å². The number of cyclic esters (lactones) is 2. The molecule has 6 atom stereocenters. The standard InChI is InChI=1S/2C13H22BrNO4/c2*1-3-4-5-6-10(14)12-11(19-9(2)16)7-8-18-13(17)15-12/h2*10-12H,3-8H2,1-2H3,(H,15,17)/t2*10-,11-,12?/m11/s1. The molecule has 2 rings (SSSR count). The summed E-state index contributed by atoms with van der Waals surface area (Å²) in [6.45, 7) is 7.60. The molecule has 0 saturated carbocycles. The number of nitrogens with one attached hydrogen (secondary N) is 2. The van der Waals surface area contributed by atoms with Crippen LogP contribution in [0.15, 0.2) is 0 Å². The highest BCUT2D eigenvalue weighted by Gasteiger charge is 2.35. The Balaban J connectivity index is 0.000000380. The lowest BCUT2D eigenvalue weighted by atomic mass is 10.0. The Morgan fingerprint density at radius 2 is 1.16 bits per heavy atom. The van der Waals surface area contributed by atoms with Crippen molar-refractivity contribution in [3.05, 3.63) is 0 Å². The van der Waals surface area contributed by atoms with Crippen LogP contribution < -0.4 is 10.6 Å². The van der Waals surface area contributed by atoms with Gasteiger partial charge in [0.15, 0.2) is 0 Å². The average molecular weight is 672 g/mol. The minimum absolute atomic E-state index is 0.0778. The Labute approximate surface area is 243 Å². The van der Waals surface area contributed by atoms with Gasteiger partial charge >= 0.3 is 24.1 Å². The second-order valence-electron chi connectivity index (χ2n) is 9.51. The van der Waals surface area contributed by atoms with Gasteiger partial charge in [-0.15, -0.1) is 0 Å². The number of hydrogen-bond acceptors (Lipinski definition) is 8. The zero-order valence-electron chi connectivity index (χ0n) is 23.0. The molecule has 0 bridgehead atoms. The molecule has 12 heteroatoms. The molecule has 2 N–H and O–H groups in total. The third-order valence-corrected chi connectivity index (χ3v) is 8.28. The number of halogens is 2. The zero-order valence-corrected chi connectivity index (χ0v) is 26.1. The quantitative estimate of drug-likeness (QED) is 0.120. The molecule has 0 aromatic rings. The Hall–Kier alpha value is -1.56. The van der Waals surface area contributed by atoms with E-state index in [1.165, 1.54) is 13.8 Å². The van der Waals surface area contributed by atoms with Crippen LogP contribution in [0.25, 0.3) is 0 Å². The Morgan fingerprint density at radius 3 is 1.47 bits per heavy atom. The van der Waals surface area contributed by atoms with Crippen LogP contribution in [0.1, 0.15) is 91.9 Å². The van der Waals surface area contributed by atoms with Crippen molar-refractivity contribution in [2.24, 2.45) is 0 Å². The fourth-order valence-electron chi connectivity index (χ4n) is 4.31. The molecule has 0 aliphatic carbocycles. The summed E-state index contributed by atoms with van der Waals surface area (Å²) in [4.78, 5) is 45.4. The summed E-state index contributed by atoms with van der Waals surface area (Å²) in [5.41, 5.74) is 0. The summed E-state index contributed by atoms with van der Waals surface area (Å²) in [5, 5.41) is 5.55. The van der Waals surface area contributed by atoms with Crippen LogP contribution in [0.2, 0.25) is 0 Å². The lowest BCUT2D eigenvalue weighted by Gasteiger charge is -2.28. The van der Waals surface area contributed by atoms with Crippen LogP contribution in [0, 0.1) is 0 Å². The topological polar surface area (TPSA) is 129 Å². The number of amides is 2. The van der Waals surface area contributed by atoms with Crippen molar-refractivity contribution < 1.29 is 38.1 Å². The monoisotopic (exact) mass is 670 g/mol. The van der Waals surface area contributed by atoms with Gasteiger partial charge in [-0.05, 0) is 12.8 Å². The Kier molecular flexibility index (Phi) is 17.7. The summed E-state index contributed by atoms with van der Waals surface area (Å²) < 4.78 is 20.5. The molecule has 2 heterocycles. The number of hydrogen-bond donors (Lipinski definition) is 2. The number of ether oxygens (including phenoxy) is 4. The molecule has 220 valence electrons. The number of carbonyl (C=O) groups is 4. The molecule has 2 aliphatic rings. The van der Waals surface area contributed by atoms with Gasteiger partial charge in [-0.25, -0.2) is 9.59 Å². The largest absolute Gasteiger partial charge is 0.460 e. The summed E-state index contributed by atoms with van der Waals surface area (Å²) in [6.07, 6.45) is 8.09. The van der Waals surface area contributed by atoms with E-state index in [2.05, 4.69) is 56.3 Å². The molecular weight excluding hydrogens is 628 g/mol. The SMILES string of the molecule is CCCCC[C@@H](Br)C1NC(=O)OCC[C@H]1OC(C)=O.CCCCC[C@@H](Br)C1NC(=O)OCC[C@H]1OC(C)=O. The minimum atomic E-state index is -0.445. The van der Waals surface area contributed by atoms with Crippen molar-refractivity contribution in [1.82, 2.24) is 10.6 Å². The predicted molar refractivity (Wildman–Crippen MR) is 151 cm³/mol. The number of carbonyl (C=O) groups excluding carboxylic acids is 4. The maximum atomic E-state index is 11.5. The number of rotatable bonds is 12. The summed E-state index contributed by atoms with van der Waals surface area (Å²) in [7, 11) is 0. The lowest BCUT2D eigenvalue weighted by Crippen LogP contribution is -2.48. The molecule has 0 aromatic heterocycles. The van der Waals surface area contributed by atoms with Crippen molar-refractivity contribution >= 4 is 56.0 Å². The van der Waals surface area contributed by atoms with E-state index in [4.69, 9.17) is 18.9 Å². The molecule has 38 heavy (non-hydrogen) atoms. The molecule has 0 spiro atoms. The first kappa shape index (κ1) is 34.5. The van der Waals surface area contributed by atoms with E-state index >= 15 is 0 Å². The third-order valence-electron chi connectivity index (χ3n) is 6.22. The van der Waals surface area contributed by atoms with Crippen molar-refractivity contribution in [2.45, 2.75) is 126 Å². The van der Waals surface area contributed by atoms with Crippen molar-refractivity contribution in [2.75, 3.05) is 13.2 Å². The second-order valence-corrected chi connectivity index (χ2v) is 11.9. The maximum absolute atomic E-state index is 11.5. The van der Waals surface area contributed by atoms with Gasteiger partial charge < -0.3 is 29.6 Å². The highest BCUT2D eigenvalue weighted by Crippen LogP contribution is 2.24. The molecule has 2 unspecified atom stereocenters. The van der Waals surface area contributed by atoms with Gasteiger partial charge in [0.2, 0.25) is 0 Å². The van der Waals surface area contributed by atoms with Crippen LogP contribution >= 0.6 is 31.9 Å². The molecule has 2 fully saturated rings. The van der Waals surface area contributed by atoms with Gasteiger partial charge in [0.05, 0.1) is 25.3 Å². The van der Waals surface area contributed by atoms with Crippen LogP contribution in [0.5, 0.6) is 0 Å². The first-order chi connectivity index (χ1) is 18.1. The maximum Gasteiger partial charge on any atom is 0.407 e. The van der Waals surface area contributed by atoms with E-state index in [0.29, 0.717) is 12.8 Å². The first-order valence-corrected chi connectivity index (χ1v) is 15.4. The van der Waals surface area contributed by atoms with E-state index in [9.17, 15) is 19.2 Å². The van der Waals surface area contributed by atoms with Crippen LogP contribution in [0.4, 0.5) is 9.59 Å². The lowest BCUT2D eigenvalue weighted by molar-refractivity contribution is -0.149. The highest BCUT2D eigenvalue weighted by molar-refractivity contribution is 9.09. The van der Waals surface area contributed by atoms with Gasteiger partial charge in [-0.2, -0.15) is 0 Å². The summed E-state index contributed by atoms with van der Waals surface area (Å²) >= 11 is 7.20. The van der Waals surface area contributed by atoms with Crippen molar-refractivity contribution in [3.8, 4) is 0 Å². The molecule has 0 aromatic carbocycles. The molecule has 2 amide bonds. The van der Waals surface area contributed by atoms with E-state index in [1.807, 2.05) is 0 Å². The van der Waals surface area contributed by atoms with Gasteiger partial charge in [-0.3, -0.25) is 9.59 Å². The normalized spacial score (nSPS) is 24.9. The molecule has 2 saturated heterocycles. The molecule has 2 aliphatic heterocycles. The van der Waals surface area contributed by atoms with E-state index in [0.717, 1.165) is 51.4 Å². The number of alkyl carbamates (subject to hydrolysis) is 2. The summed E-state index contributed by atoms with van der Waals surface area (Å²) in [5.74, 6) is -0.668. The van der Waals surface area contributed by atoms with Crippen molar-refractivity contribution in [3.63, 3.8) is 0 Å². The smallest absolute Gasteiger partial charge is 0.407 e. The van der Waals surface area contributed by atoms with E-state index in [-0.39, 0.29) is 59.1 Å². The van der Waals surface area contributed by atoms with Gasteiger partial charge in [0.1, 0.15) is 12.2 Å². The van der Waals surface area contributed by atoms with Gasteiger partial charge in [0.25, 0.3) is 0 Å². The third kappa shape index (κ3) is 14.0. The second kappa shape index (κ2) is 19.5. The predicted octanol–water partition coefficient (Wildman–Crippen LogP) is 5.52. The highest BCUT2D eigenvalue weighted by atomic mass is 79.9. The van der Waals surface area contributed by atoms with Crippen LogP contribution in [-0.2, 0) is 28.5 Å². The fraction of sp³-hybridized carbons (Fsp3) is 0.846. The van der Waals surface area contributed by atoms with E-state index in [1.54, 1.807) is 0 Å². The minimum Gasteiger partial charge on any atom is -0.460 e. The molecular formula is C26H44Br2N2O8. The van der Waals surface area contributed by atoms with Crippen LogP contribution in [-0.4, -0.2) is 71.3 Å².